The fraction of sp³-hybridized carbons (Fsp3) is 0.267. The van der Waals surface area contributed by atoms with Gasteiger partial charge in [0.2, 0.25) is 5.91 Å². The Bertz CT molecular complexity index is 726. The molecule has 0 bridgehead atoms. The quantitative estimate of drug-likeness (QED) is 0.832. The number of hydrogen-bond donors (Lipinski definition) is 2. The van der Waals surface area contributed by atoms with Gasteiger partial charge in [-0.05, 0) is 17.2 Å². The third-order valence-electron chi connectivity index (χ3n) is 3.62. The lowest BCUT2D eigenvalue weighted by atomic mass is 10.1. The first kappa shape index (κ1) is 13.5. The van der Waals surface area contributed by atoms with Gasteiger partial charge in [-0.25, -0.2) is 9.78 Å². The summed E-state index contributed by atoms with van der Waals surface area (Å²) >= 11 is 0. The maximum Gasteiger partial charge on any atom is 0.347 e. The first-order chi connectivity index (χ1) is 10.1. The molecule has 1 aliphatic rings. The van der Waals surface area contributed by atoms with Gasteiger partial charge in [-0.15, -0.1) is 0 Å². The third kappa shape index (κ3) is 2.71. The Morgan fingerprint density at radius 2 is 2.19 bits per heavy atom. The van der Waals surface area contributed by atoms with Gasteiger partial charge >= 0.3 is 5.69 Å². The number of fused-ring (bicyclic) bond motifs is 1. The zero-order valence-electron chi connectivity index (χ0n) is 11.3. The topological polar surface area (TPSA) is 84.2 Å². The first-order valence-electron chi connectivity index (χ1n) is 6.72. The van der Waals surface area contributed by atoms with Gasteiger partial charge in [0, 0.05) is 18.8 Å². The Morgan fingerprint density at radius 1 is 1.38 bits per heavy atom. The molecule has 1 aromatic heterocycles. The molecule has 1 aromatic carbocycles. The monoisotopic (exact) mass is 285 g/mol. The van der Waals surface area contributed by atoms with Gasteiger partial charge in [-0.3, -0.25) is 9.36 Å². The Kier molecular flexibility index (Phi) is 3.53. The van der Waals surface area contributed by atoms with Gasteiger partial charge in [-0.2, -0.15) is 0 Å². The van der Waals surface area contributed by atoms with Gasteiger partial charge in [0.1, 0.15) is 6.54 Å². The molecule has 0 saturated heterocycles. The number of hydrogen-bond acceptors (Lipinski definition) is 4. The van der Waals surface area contributed by atoms with E-state index < -0.39 is 17.8 Å². The minimum atomic E-state index is -0.642. The third-order valence-corrected chi connectivity index (χ3v) is 3.62. The molecule has 3 rings (SSSR count). The number of aromatic nitrogens is 2. The lowest BCUT2D eigenvalue weighted by Crippen LogP contribution is -2.38. The van der Waals surface area contributed by atoms with E-state index in [0.29, 0.717) is 6.42 Å². The summed E-state index contributed by atoms with van der Waals surface area (Å²) in [6, 6.07) is 8.78. The van der Waals surface area contributed by atoms with Crippen molar-refractivity contribution < 1.29 is 9.90 Å². The predicted molar refractivity (Wildman–Crippen MR) is 75.5 cm³/mol. The number of aliphatic hydroxyl groups excluding tert-OH is 1. The summed E-state index contributed by atoms with van der Waals surface area (Å²) in [5.74, 6) is -0.328. The van der Waals surface area contributed by atoms with E-state index >= 15 is 0 Å². The maximum absolute atomic E-state index is 12.1. The zero-order chi connectivity index (χ0) is 14.8. The Morgan fingerprint density at radius 3 is 3.00 bits per heavy atom. The molecule has 1 aliphatic carbocycles. The van der Waals surface area contributed by atoms with Crippen LogP contribution in [0.4, 0.5) is 0 Å². The standard InChI is InChI=1S/C15H15N3O3/c19-12-8-10-4-1-2-5-11(10)14(12)17-13(20)9-18-7-3-6-16-15(18)21/h1-7,12,14,19H,8-9H2,(H,17,20)/t12-,14+/m0/s1. The SMILES string of the molecule is O=C(Cn1cccnc1=O)N[C@@H]1c2ccccc2C[C@@H]1O. The van der Waals surface area contributed by atoms with E-state index in [1.54, 1.807) is 6.07 Å². The summed E-state index contributed by atoms with van der Waals surface area (Å²) in [7, 11) is 0. The van der Waals surface area contributed by atoms with Crippen molar-refractivity contribution in [1.29, 1.82) is 0 Å². The zero-order valence-corrected chi connectivity index (χ0v) is 11.3. The molecule has 1 amide bonds. The Labute approximate surface area is 121 Å². The summed E-state index contributed by atoms with van der Waals surface area (Å²) in [5.41, 5.74) is 1.49. The first-order valence-corrected chi connectivity index (χ1v) is 6.72. The van der Waals surface area contributed by atoms with E-state index in [-0.39, 0.29) is 12.5 Å². The Balaban J connectivity index is 1.74. The second-order valence-electron chi connectivity index (χ2n) is 5.05. The normalized spacial score (nSPS) is 20.0. The molecule has 6 heteroatoms. The second kappa shape index (κ2) is 5.49. The Hall–Kier alpha value is -2.47. The smallest absolute Gasteiger partial charge is 0.347 e. The molecule has 0 fully saturated rings. The molecular formula is C15H15N3O3. The van der Waals surface area contributed by atoms with Crippen LogP contribution in [0, 0.1) is 0 Å². The lowest BCUT2D eigenvalue weighted by molar-refractivity contribution is -0.123. The number of benzene rings is 1. The largest absolute Gasteiger partial charge is 0.390 e. The van der Waals surface area contributed by atoms with Crippen molar-refractivity contribution in [2.24, 2.45) is 0 Å². The second-order valence-corrected chi connectivity index (χ2v) is 5.05. The van der Waals surface area contributed by atoms with Crippen molar-refractivity contribution in [2.75, 3.05) is 0 Å². The fourth-order valence-corrected chi connectivity index (χ4v) is 2.63. The van der Waals surface area contributed by atoms with Gasteiger partial charge in [0.15, 0.2) is 0 Å². The summed E-state index contributed by atoms with van der Waals surface area (Å²) in [6.45, 7) is -0.113. The highest BCUT2D eigenvalue weighted by atomic mass is 16.3. The van der Waals surface area contributed by atoms with Gasteiger partial charge in [-0.1, -0.05) is 24.3 Å². The average molecular weight is 285 g/mol. The average Bonchev–Trinajstić information content (AvgIpc) is 2.78. The summed E-state index contributed by atoms with van der Waals surface area (Å²) < 4.78 is 1.22. The molecule has 2 N–H and O–H groups in total. The minimum Gasteiger partial charge on any atom is -0.390 e. The van der Waals surface area contributed by atoms with Crippen molar-refractivity contribution in [3.8, 4) is 0 Å². The van der Waals surface area contributed by atoms with Gasteiger partial charge in [0.25, 0.3) is 0 Å². The van der Waals surface area contributed by atoms with Crippen molar-refractivity contribution in [2.45, 2.75) is 25.1 Å². The molecule has 2 atom stereocenters. The number of aliphatic hydroxyl groups is 1. The highest BCUT2D eigenvalue weighted by Gasteiger charge is 2.31. The minimum absolute atomic E-state index is 0.113. The van der Waals surface area contributed by atoms with Crippen LogP contribution in [0.1, 0.15) is 17.2 Å². The van der Waals surface area contributed by atoms with Crippen molar-refractivity contribution in [3.63, 3.8) is 0 Å². The molecule has 2 aromatic rings. The number of nitrogens with zero attached hydrogens (tertiary/aromatic N) is 2. The molecule has 0 spiro atoms. The molecule has 0 radical (unpaired) electrons. The van der Waals surface area contributed by atoms with E-state index in [2.05, 4.69) is 10.3 Å². The van der Waals surface area contributed by atoms with E-state index in [1.165, 1.54) is 17.0 Å². The van der Waals surface area contributed by atoms with Crippen LogP contribution < -0.4 is 11.0 Å². The lowest BCUT2D eigenvalue weighted by Gasteiger charge is -2.18. The van der Waals surface area contributed by atoms with Crippen LogP contribution in [0.3, 0.4) is 0 Å². The molecule has 6 nitrogen and oxygen atoms in total. The highest BCUT2D eigenvalue weighted by molar-refractivity contribution is 5.76. The van der Waals surface area contributed by atoms with Crippen LogP contribution >= 0.6 is 0 Å². The molecule has 0 aliphatic heterocycles. The maximum atomic E-state index is 12.1. The van der Waals surface area contributed by atoms with Crippen LogP contribution in [0.2, 0.25) is 0 Å². The van der Waals surface area contributed by atoms with Crippen LogP contribution in [0.15, 0.2) is 47.5 Å². The number of carbonyl (C=O) groups is 1. The van der Waals surface area contributed by atoms with Crippen LogP contribution in [0.25, 0.3) is 0 Å². The van der Waals surface area contributed by atoms with Crippen molar-refractivity contribution in [1.82, 2.24) is 14.9 Å². The number of nitrogens with one attached hydrogen (secondary N) is 1. The van der Waals surface area contributed by atoms with Crippen LogP contribution in [0.5, 0.6) is 0 Å². The van der Waals surface area contributed by atoms with Crippen LogP contribution in [-0.2, 0) is 17.8 Å². The molecule has 0 saturated carbocycles. The van der Waals surface area contributed by atoms with E-state index in [9.17, 15) is 14.7 Å². The van der Waals surface area contributed by atoms with Gasteiger partial charge < -0.3 is 10.4 Å². The molecular weight excluding hydrogens is 270 g/mol. The fourth-order valence-electron chi connectivity index (χ4n) is 2.63. The number of amides is 1. The van der Waals surface area contributed by atoms with Crippen molar-refractivity contribution >= 4 is 5.91 Å². The number of rotatable bonds is 3. The predicted octanol–water partition coefficient (Wildman–Crippen LogP) is 0.0178. The molecule has 0 unspecified atom stereocenters. The van der Waals surface area contributed by atoms with E-state index in [0.717, 1.165) is 11.1 Å². The highest BCUT2D eigenvalue weighted by Crippen LogP contribution is 2.31. The van der Waals surface area contributed by atoms with E-state index in [1.807, 2.05) is 24.3 Å². The molecule has 21 heavy (non-hydrogen) atoms. The van der Waals surface area contributed by atoms with Crippen molar-refractivity contribution in [3.05, 3.63) is 64.3 Å². The molecule has 1 heterocycles. The summed E-state index contributed by atoms with van der Waals surface area (Å²) in [5, 5.41) is 12.9. The van der Waals surface area contributed by atoms with Gasteiger partial charge in [0.05, 0.1) is 12.1 Å². The van der Waals surface area contributed by atoms with E-state index in [4.69, 9.17) is 0 Å². The van der Waals surface area contributed by atoms with Crippen LogP contribution in [-0.4, -0.2) is 26.7 Å². The summed E-state index contributed by atoms with van der Waals surface area (Å²) in [6.07, 6.45) is 2.77. The summed E-state index contributed by atoms with van der Waals surface area (Å²) in [4.78, 5) is 27.1. The number of carbonyl (C=O) groups excluding carboxylic acids is 1. The molecule has 108 valence electrons.